The van der Waals surface area contributed by atoms with Crippen molar-refractivity contribution in [2.75, 3.05) is 26.0 Å². The number of anilines is 1. The fourth-order valence-corrected chi connectivity index (χ4v) is 3.78. The number of ether oxygens (including phenoxy) is 3. The number of aliphatic hydroxyl groups excluding tert-OH is 1. The Hall–Kier alpha value is -1.81. The van der Waals surface area contributed by atoms with Crippen LogP contribution < -0.4 is 15.8 Å². The average Bonchev–Trinajstić information content (AvgIpc) is 2.67. The summed E-state index contributed by atoms with van der Waals surface area (Å²) in [5.41, 5.74) is 6.58. The monoisotopic (exact) mass is 453 g/mol. The van der Waals surface area contributed by atoms with Crippen LogP contribution in [0.5, 0.6) is 5.88 Å². The minimum absolute atomic E-state index is 0.0283. The Labute approximate surface area is 188 Å². The zero-order valence-electron chi connectivity index (χ0n) is 18.6. The van der Waals surface area contributed by atoms with Crippen LogP contribution in [0.2, 0.25) is 0 Å². The van der Waals surface area contributed by atoms with Crippen LogP contribution >= 0.6 is 11.8 Å². The number of aromatic nitrogens is 1. The minimum atomic E-state index is -0.258. The number of carbonyl (C=O) groups is 1. The van der Waals surface area contributed by atoms with Crippen molar-refractivity contribution in [3.63, 3.8) is 0 Å². The van der Waals surface area contributed by atoms with Crippen LogP contribution in [-0.2, 0) is 14.3 Å². The predicted molar refractivity (Wildman–Crippen MR) is 122 cm³/mol. The molecule has 2 fully saturated rings. The van der Waals surface area contributed by atoms with Crippen molar-refractivity contribution in [2.24, 2.45) is 5.92 Å². The maximum atomic E-state index is 9.34. The van der Waals surface area contributed by atoms with Crippen molar-refractivity contribution in [1.82, 2.24) is 10.3 Å². The number of aliphatic hydroxyl groups is 1. The molecule has 31 heavy (non-hydrogen) atoms. The van der Waals surface area contributed by atoms with Crippen LogP contribution in [0.25, 0.3) is 0 Å². The topological polar surface area (TPSA) is 116 Å². The summed E-state index contributed by atoms with van der Waals surface area (Å²) in [6, 6.07) is 3.95. The molecule has 174 valence electrons. The highest BCUT2D eigenvalue weighted by atomic mass is 32.2. The summed E-state index contributed by atoms with van der Waals surface area (Å²) < 4.78 is 17.4. The first-order chi connectivity index (χ1) is 14.8. The fraction of sp³-hybridized carbons (Fsp3) is 0.636. The maximum absolute atomic E-state index is 9.34. The summed E-state index contributed by atoms with van der Waals surface area (Å²) in [6.45, 7) is 8.83. The van der Waals surface area contributed by atoms with Gasteiger partial charge >= 0.3 is 0 Å². The Morgan fingerprint density at radius 2 is 2.06 bits per heavy atom. The van der Waals surface area contributed by atoms with Gasteiger partial charge in [0.15, 0.2) is 5.09 Å². The molecule has 0 radical (unpaired) electrons. The van der Waals surface area contributed by atoms with Crippen molar-refractivity contribution in [2.45, 2.75) is 68.9 Å². The van der Waals surface area contributed by atoms with Crippen LogP contribution in [0.1, 0.15) is 39.5 Å². The molecular weight excluding hydrogens is 418 g/mol. The lowest BCUT2D eigenvalue weighted by Gasteiger charge is -2.35. The number of nitrogen functional groups attached to an aromatic ring is 1. The van der Waals surface area contributed by atoms with Gasteiger partial charge in [-0.25, -0.2) is 4.98 Å². The number of carbonyl (C=O) groups excluding carboxylic acids is 1. The number of likely N-dealkylation sites (N-methyl/N-ethyl adjacent to an activating group) is 1. The third-order valence-electron chi connectivity index (χ3n) is 5.18. The molecule has 0 amide bonds. The number of thioether (sulfide) groups is 1. The van der Waals surface area contributed by atoms with Gasteiger partial charge in [-0.3, -0.25) is 0 Å². The van der Waals surface area contributed by atoms with Crippen molar-refractivity contribution in [3.05, 3.63) is 23.8 Å². The van der Waals surface area contributed by atoms with E-state index in [0.717, 1.165) is 25.7 Å². The minimum Gasteiger partial charge on any atom is -0.484 e. The Morgan fingerprint density at radius 3 is 2.68 bits per heavy atom. The van der Waals surface area contributed by atoms with E-state index in [-0.39, 0.29) is 12.2 Å². The second-order valence-corrected chi connectivity index (χ2v) is 8.96. The van der Waals surface area contributed by atoms with E-state index in [1.165, 1.54) is 18.7 Å². The number of hydrogen-bond donors (Lipinski definition) is 3. The molecule has 3 rings (SSSR count). The SMILES string of the molecule is C=C(OC1CC(O)C1)Sc1nc(OCC2CC(OCC(C)NC)C2)ccc1N.CC=O. The van der Waals surface area contributed by atoms with Gasteiger partial charge in [-0.05, 0) is 64.1 Å². The van der Waals surface area contributed by atoms with E-state index in [1.54, 1.807) is 12.1 Å². The summed E-state index contributed by atoms with van der Waals surface area (Å²) in [4.78, 5) is 13.3. The van der Waals surface area contributed by atoms with Gasteiger partial charge in [0.25, 0.3) is 0 Å². The van der Waals surface area contributed by atoms with Gasteiger partial charge in [-0.2, -0.15) is 0 Å². The van der Waals surface area contributed by atoms with E-state index in [0.29, 0.717) is 59.2 Å². The second kappa shape index (κ2) is 12.9. The van der Waals surface area contributed by atoms with E-state index < -0.39 is 0 Å². The molecule has 4 N–H and O–H groups in total. The molecular formula is C22H35N3O5S. The lowest BCUT2D eigenvalue weighted by atomic mass is 9.83. The fourth-order valence-electron chi connectivity index (χ4n) is 3.06. The number of aldehydes is 1. The van der Waals surface area contributed by atoms with Crippen LogP contribution in [0.4, 0.5) is 5.69 Å². The first-order valence-corrected chi connectivity index (χ1v) is 11.5. The van der Waals surface area contributed by atoms with E-state index >= 15 is 0 Å². The number of pyridine rings is 1. The summed E-state index contributed by atoms with van der Waals surface area (Å²) in [5.74, 6) is 1.05. The van der Waals surface area contributed by atoms with Crippen molar-refractivity contribution in [3.8, 4) is 5.88 Å². The third kappa shape index (κ3) is 8.68. The molecule has 1 aromatic heterocycles. The summed E-state index contributed by atoms with van der Waals surface area (Å²) in [5, 5.41) is 13.7. The normalized spacial score (nSPS) is 25.2. The van der Waals surface area contributed by atoms with Crippen LogP contribution in [-0.4, -0.2) is 61.0 Å². The molecule has 9 heteroatoms. The van der Waals surface area contributed by atoms with E-state index in [9.17, 15) is 5.11 Å². The van der Waals surface area contributed by atoms with E-state index in [1.807, 2.05) is 7.05 Å². The summed E-state index contributed by atoms with van der Waals surface area (Å²) in [6.07, 6.45) is 4.18. The molecule has 0 bridgehead atoms. The molecule has 0 spiro atoms. The lowest BCUT2D eigenvalue weighted by molar-refractivity contribution is -0.106. The lowest BCUT2D eigenvalue weighted by Crippen LogP contribution is -2.38. The van der Waals surface area contributed by atoms with Crippen molar-refractivity contribution >= 4 is 23.7 Å². The molecule has 1 aromatic rings. The largest absolute Gasteiger partial charge is 0.484 e. The third-order valence-corrected chi connectivity index (χ3v) is 6.02. The highest BCUT2D eigenvalue weighted by Gasteiger charge is 2.31. The molecule has 1 unspecified atom stereocenters. The van der Waals surface area contributed by atoms with E-state index in [4.69, 9.17) is 24.7 Å². The Morgan fingerprint density at radius 1 is 1.39 bits per heavy atom. The Kier molecular flexibility index (Phi) is 10.6. The van der Waals surface area contributed by atoms with Gasteiger partial charge in [0.1, 0.15) is 17.4 Å². The predicted octanol–water partition coefficient (Wildman–Crippen LogP) is 2.75. The molecule has 0 aromatic carbocycles. The zero-order chi connectivity index (χ0) is 22.8. The Bertz CT molecular complexity index is 708. The standard InChI is InChI=1S/C20H31N3O4S.C2H4O/c1-12(22-3)10-25-16-6-14(7-16)11-26-19-5-4-18(21)20(23-19)28-13(2)27-17-8-15(24)9-17;1-2-3/h4-5,12,14-17,22,24H,2,6-11,21H2,1,3H3;2H,1H3. The van der Waals surface area contributed by atoms with Crippen LogP contribution in [0, 0.1) is 5.92 Å². The Balaban J connectivity index is 0.00000107. The number of rotatable bonds is 11. The highest BCUT2D eigenvalue weighted by molar-refractivity contribution is 8.02. The van der Waals surface area contributed by atoms with Gasteiger partial charge in [0, 0.05) is 24.9 Å². The molecule has 0 saturated heterocycles. The second-order valence-electron chi connectivity index (χ2n) is 7.91. The molecule has 0 aliphatic heterocycles. The van der Waals surface area contributed by atoms with E-state index in [2.05, 4.69) is 23.8 Å². The van der Waals surface area contributed by atoms with Gasteiger partial charge < -0.3 is 35.2 Å². The van der Waals surface area contributed by atoms with Gasteiger partial charge in [0.2, 0.25) is 5.88 Å². The van der Waals surface area contributed by atoms with Gasteiger partial charge in [0.05, 0.1) is 31.1 Å². The number of hydrogen-bond acceptors (Lipinski definition) is 9. The van der Waals surface area contributed by atoms with Gasteiger partial charge in [-0.15, -0.1) is 0 Å². The number of nitrogens with one attached hydrogen (secondary N) is 1. The molecule has 2 aliphatic rings. The number of nitrogens with two attached hydrogens (primary N) is 1. The maximum Gasteiger partial charge on any atom is 0.214 e. The van der Waals surface area contributed by atoms with Crippen molar-refractivity contribution < 1.29 is 24.1 Å². The van der Waals surface area contributed by atoms with Crippen molar-refractivity contribution in [1.29, 1.82) is 0 Å². The van der Waals surface area contributed by atoms with Crippen LogP contribution in [0.3, 0.4) is 0 Å². The number of nitrogens with zero attached hydrogens (tertiary/aromatic N) is 1. The first kappa shape index (κ1) is 25.5. The average molecular weight is 454 g/mol. The quantitative estimate of drug-likeness (QED) is 0.264. The van der Waals surface area contributed by atoms with Gasteiger partial charge in [-0.1, -0.05) is 0 Å². The molecule has 1 atom stereocenters. The molecule has 2 aliphatic carbocycles. The highest BCUT2D eigenvalue weighted by Crippen LogP contribution is 2.35. The molecule has 8 nitrogen and oxygen atoms in total. The smallest absolute Gasteiger partial charge is 0.214 e. The summed E-state index contributed by atoms with van der Waals surface area (Å²) in [7, 11) is 1.94. The zero-order valence-corrected chi connectivity index (χ0v) is 19.4. The first-order valence-electron chi connectivity index (χ1n) is 10.6. The van der Waals surface area contributed by atoms with Crippen LogP contribution in [0.15, 0.2) is 28.8 Å². The molecule has 1 heterocycles. The summed E-state index contributed by atoms with van der Waals surface area (Å²) >= 11 is 1.29. The molecule has 2 saturated carbocycles.